The standard InChI is InChI=1S/C31H29F2N7O2.ClH/c1-39-9-11-40(12-10-39)23-5-6-24(28(18-23)35-31(42)27-3-2-8-34-27)30(41)36-29-25-16-19(4-7-26(25)37-38-29)13-20-14-21(32)17-22(33)15-20;/h2-8,14-18,34H,9-13H2,1H3,(H,35,42)(H2,36,37,38,41);1H. The van der Waals surface area contributed by atoms with Crippen LogP contribution in [-0.2, 0) is 6.42 Å². The Kier molecular flexibility index (Phi) is 8.74. The molecule has 9 nitrogen and oxygen atoms in total. The van der Waals surface area contributed by atoms with E-state index in [1.54, 1.807) is 30.5 Å². The number of aromatic amines is 2. The molecule has 0 radical (unpaired) electrons. The van der Waals surface area contributed by atoms with E-state index < -0.39 is 17.5 Å². The SMILES string of the molecule is CN1CCN(c2ccc(C(=O)Nc3n[nH]c4ccc(Cc5cc(F)cc(F)c5)cc34)c(NC(=O)c3ccc[nH]3)c2)CC1.Cl. The molecule has 4 N–H and O–H groups in total. The summed E-state index contributed by atoms with van der Waals surface area (Å²) < 4.78 is 27.4. The maximum absolute atomic E-state index is 13.7. The molecule has 1 aliphatic rings. The van der Waals surface area contributed by atoms with Gasteiger partial charge in [0, 0.05) is 49.5 Å². The molecular weight excluding hydrogens is 576 g/mol. The quantitative estimate of drug-likeness (QED) is 0.198. The van der Waals surface area contributed by atoms with Crippen LogP contribution in [0.1, 0.15) is 32.0 Å². The third-order valence-corrected chi connectivity index (χ3v) is 7.40. The lowest BCUT2D eigenvalue weighted by molar-refractivity contribution is 0.102. The van der Waals surface area contributed by atoms with E-state index in [1.165, 1.54) is 12.1 Å². The van der Waals surface area contributed by atoms with E-state index in [9.17, 15) is 18.4 Å². The average molecular weight is 606 g/mol. The number of amides is 2. The fourth-order valence-corrected chi connectivity index (χ4v) is 5.15. The fraction of sp³-hybridized carbons (Fsp3) is 0.194. The molecule has 0 spiro atoms. The maximum Gasteiger partial charge on any atom is 0.272 e. The van der Waals surface area contributed by atoms with Gasteiger partial charge in [0.25, 0.3) is 11.8 Å². The van der Waals surface area contributed by atoms with Gasteiger partial charge in [-0.25, -0.2) is 8.78 Å². The molecule has 1 saturated heterocycles. The third kappa shape index (κ3) is 6.68. The fourth-order valence-electron chi connectivity index (χ4n) is 5.15. The number of nitrogens with one attached hydrogen (secondary N) is 4. The number of hydrogen-bond acceptors (Lipinski definition) is 5. The Labute approximate surface area is 252 Å². The highest BCUT2D eigenvalue weighted by atomic mass is 35.5. The first-order chi connectivity index (χ1) is 20.3. The van der Waals surface area contributed by atoms with E-state index in [2.05, 4.69) is 42.7 Å². The summed E-state index contributed by atoms with van der Waals surface area (Å²) in [6.45, 7) is 3.48. The van der Waals surface area contributed by atoms with E-state index in [0.717, 1.165) is 43.5 Å². The second-order valence-corrected chi connectivity index (χ2v) is 10.4. The highest BCUT2D eigenvalue weighted by Crippen LogP contribution is 2.28. The Morgan fingerprint density at radius 3 is 2.37 bits per heavy atom. The van der Waals surface area contributed by atoms with Gasteiger partial charge in [-0.1, -0.05) is 6.07 Å². The maximum atomic E-state index is 13.7. The van der Waals surface area contributed by atoms with Gasteiger partial charge in [-0.05, 0) is 79.2 Å². The number of piperazine rings is 1. The summed E-state index contributed by atoms with van der Waals surface area (Å²) in [5.41, 5.74) is 3.89. The van der Waals surface area contributed by atoms with Crippen molar-refractivity contribution in [2.24, 2.45) is 0 Å². The van der Waals surface area contributed by atoms with E-state index in [-0.39, 0.29) is 23.9 Å². The summed E-state index contributed by atoms with van der Waals surface area (Å²) in [6.07, 6.45) is 1.96. The molecule has 0 saturated carbocycles. The van der Waals surface area contributed by atoms with Gasteiger partial charge in [-0.3, -0.25) is 14.7 Å². The highest BCUT2D eigenvalue weighted by molar-refractivity contribution is 6.14. The Morgan fingerprint density at radius 1 is 0.884 bits per heavy atom. The number of carbonyl (C=O) groups excluding carboxylic acids is 2. The zero-order valence-electron chi connectivity index (χ0n) is 23.3. The number of carbonyl (C=O) groups is 2. The van der Waals surface area contributed by atoms with Crippen LogP contribution in [0.4, 0.5) is 26.0 Å². The molecule has 1 aliphatic heterocycles. The Hall–Kier alpha value is -4.74. The van der Waals surface area contributed by atoms with Crippen molar-refractivity contribution in [1.82, 2.24) is 20.1 Å². The van der Waals surface area contributed by atoms with Crippen LogP contribution >= 0.6 is 12.4 Å². The number of halogens is 3. The molecule has 0 bridgehead atoms. The number of nitrogens with zero attached hydrogens (tertiary/aromatic N) is 3. The normalized spacial score (nSPS) is 13.5. The van der Waals surface area contributed by atoms with Gasteiger partial charge in [-0.15, -0.1) is 12.4 Å². The first-order valence-corrected chi connectivity index (χ1v) is 13.6. The van der Waals surface area contributed by atoms with Crippen molar-refractivity contribution in [3.63, 3.8) is 0 Å². The molecule has 0 aliphatic carbocycles. The number of anilines is 3. The van der Waals surface area contributed by atoms with Crippen LogP contribution in [0.25, 0.3) is 10.9 Å². The minimum Gasteiger partial charge on any atom is -0.369 e. The second kappa shape index (κ2) is 12.6. The van der Waals surface area contributed by atoms with Crippen LogP contribution in [0.2, 0.25) is 0 Å². The van der Waals surface area contributed by atoms with Crippen LogP contribution in [0.3, 0.4) is 0 Å². The summed E-state index contributed by atoms with van der Waals surface area (Å²) in [6, 6.07) is 17.7. The Bertz CT molecular complexity index is 1750. The monoisotopic (exact) mass is 605 g/mol. The molecule has 6 rings (SSSR count). The number of aromatic nitrogens is 3. The Balaban J connectivity index is 0.00000368. The molecule has 2 aromatic heterocycles. The van der Waals surface area contributed by atoms with Gasteiger partial charge < -0.3 is 25.4 Å². The molecule has 0 unspecified atom stereocenters. The number of hydrogen-bond donors (Lipinski definition) is 4. The topological polar surface area (TPSA) is 109 Å². The summed E-state index contributed by atoms with van der Waals surface area (Å²) >= 11 is 0. The van der Waals surface area contributed by atoms with Crippen molar-refractivity contribution >= 4 is 52.3 Å². The first kappa shape index (κ1) is 29.7. The molecule has 12 heteroatoms. The van der Waals surface area contributed by atoms with Crippen LogP contribution in [0.5, 0.6) is 0 Å². The molecule has 43 heavy (non-hydrogen) atoms. The highest BCUT2D eigenvalue weighted by Gasteiger charge is 2.21. The van der Waals surface area contributed by atoms with Crippen molar-refractivity contribution in [1.29, 1.82) is 0 Å². The lowest BCUT2D eigenvalue weighted by Crippen LogP contribution is -2.44. The minimum absolute atomic E-state index is 0. The lowest BCUT2D eigenvalue weighted by Gasteiger charge is -2.34. The summed E-state index contributed by atoms with van der Waals surface area (Å²) in [4.78, 5) is 33.9. The zero-order valence-corrected chi connectivity index (χ0v) is 24.1. The summed E-state index contributed by atoms with van der Waals surface area (Å²) in [5.74, 6) is -1.80. The van der Waals surface area contributed by atoms with Crippen LogP contribution in [0.15, 0.2) is 72.9 Å². The third-order valence-electron chi connectivity index (χ3n) is 7.40. The summed E-state index contributed by atoms with van der Waals surface area (Å²) in [7, 11) is 2.08. The largest absolute Gasteiger partial charge is 0.369 e. The first-order valence-electron chi connectivity index (χ1n) is 13.6. The van der Waals surface area contributed by atoms with E-state index >= 15 is 0 Å². The summed E-state index contributed by atoms with van der Waals surface area (Å²) in [5, 5.41) is 13.6. The molecule has 3 aromatic carbocycles. The van der Waals surface area contributed by atoms with Gasteiger partial charge in [0.2, 0.25) is 0 Å². The van der Waals surface area contributed by atoms with Gasteiger partial charge >= 0.3 is 0 Å². The van der Waals surface area contributed by atoms with Gasteiger partial charge in [0.15, 0.2) is 5.82 Å². The Morgan fingerprint density at radius 2 is 1.65 bits per heavy atom. The number of fused-ring (bicyclic) bond motifs is 1. The molecule has 2 amide bonds. The van der Waals surface area contributed by atoms with Crippen molar-refractivity contribution in [2.75, 3.05) is 48.8 Å². The van der Waals surface area contributed by atoms with Gasteiger partial charge in [0.05, 0.1) is 16.8 Å². The van der Waals surface area contributed by atoms with Crippen molar-refractivity contribution < 1.29 is 18.4 Å². The molecule has 5 aromatic rings. The van der Waals surface area contributed by atoms with E-state index in [0.29, 0.717) is 40.1 Å². The molecule has 222 valence electrons. The number of benzene rings is 3. The van der Waals surface area contributed by atoms with Crippen molar-refractivity contribution in [2.45, 2.75) is 6.42 Å². The second-order valence-electron chi connectivity index (χ2n) is 10.4. The predicted octanol–water partition coefficient (Wildman–Crippen LogP) is 5.44. The zero-order chi connectivity index (χ0) is 29.2. The number of likely N-dealkylation sites (N-methyl/N-ethyl adjacent to an activating group) is 1. The number of rotatable bonds is 7. The minimum atomic E-state index is -0.639. The van der Waals surface area contributed by atoms with Crippen molar-refractivity contribution in [3.8, 4) is 0 Å². The molecule has 1 fully saturated rings. The van der Waals surface area contributed by atoms with Crippen LogP contribution in [-0.4, -0.2) is 65.1 Å². The smallest absolute Gasteiger partial charge is 0.272 e. The number of H-pyrrole nitrogens is 2. The average Bonchev–Trinajstić information content (AvgIpc) is 3.64. The van der Waals surface area contributed by atoms with Crippen LogP contribution in [0, 0.1) is 11.6 Å². The van der Waals surface area contributed by atoms with Gasteiger partial charge in [-0.2, -0.15) is 5.10 Å². The molecule has 3 heterocycles. The van der Waals surface area contributed by atoms with E-state index in [4.69, 9.17) is 0 Å². The predicted molar refractivity (Wildman–Crippen MR) is 165 cm³/mol. The van der Waals surface area contributed by atoms with E-state index in [1.807, 2.05) is 24.3 Å². The van der Waals surface area contributed by atoms with Crippen LogP contribution < -0.4 is 15.5 Å². The molecular formula is C31H30ClF2N7O2. The molecule has 0 atom stereocenters. The van der Waals surface area contributed by atoms with Crippen molar-refractivity contribution in [3.05, 3.63) is 107 Å². The lowest BCUT2D eigenvalue weighted by atomic mass is 10.0. The van der Waals surface area contributed by atoms with Gasteiger partial charge in [0.1, 0.15) is 17.3 Å².